The highest BCUT2D eigenvalue weighted by molar-refractivity contribution is 5.80. The maximum atomic E-state index is 13.9. The summed E-state index contributed by atoms with van der Waals surface area (Å²) < 4.78 is 30.1. The van der Waals surface area contributed by atoms with Crippen LogP contribution in [0.4, 0.5) is 4.39 Å². The second-order valence-corrected chi connectivity index (χ2v) is 7.82. The first-order valence-corrected chi connectivity index (χ1v) is 10.8. The van der Waals surface area contributed by atoms with Crippen molar-refractivity contribution in [1.29, 1.82) is 0 Å². The van der Waals surface area contributed by atoms with Crippen LogP contribution < -0.4 is 5.32 Å². The van der Waals surface area contributed by atoms with Crippen molar-refractivity contribution in [3.8, 4) is 0 Å². The molecule has 1 aromatic carbocycles. The highest BCUT2D eigenvalue weighted by Gasteiger charge is 2.27. The van der Waals surface area contributed by atoms with Gasteiger partial charge in [0.1, 0.15) is 5.82 Å². The average molecular weight is 423 g/mol. The summed E-state index contributed by atoms with van der Waals surface area (Å²) >= 11 is 0. The first kappa shape index (κ1) is 22.9. The number of guanidine groups is 1. The number of benzene rings is 1. The fourth-order valence-corrected chi connectivity index (χ4v) is 4.13. The van der Waals surface area contributed by atoms with Crippen molar-refractivity contribution in [1.82, 2.24) is 15.1 Å². The molecule has 0 spiro atoms. The molecular formula is C22H35FN4O3. The summed E-state index contributed by atoms with van der Waals surface area (Å²) in [6, 6.07) is 6.97. The van der Waals surface area contributed by atoms with Crippen molar-refractivity contribution in [2.75, 3.05) is 79.9 Å². The van der Waals surface area contributed by atoms with Gasteiger partial charge in [0.15, 0.2) is 5.96 Å². The quantitative estimate of drug-likeness (QED) is 0.372. The van der Waals surface area contributed by atoms with Crippen LogP contribution >= 0.6 is 0 Å². The second kappa shape index (κ2) is 12.2. The Hall–Kier alpha value is -1.74. The van der Waals surface area contributed by atoms with Crippen LogP contribution in [0.5, 0.6) is 0 Å². The molecular weight excluding hydrogens is 387 g/mol. The van der Waals surface area contributed by atoms with E-state index in [4.69, 9.17) is 14.2 Å². The first-order valence-electron chi connectivity index (χ1n) is 10.8. The van der Waals surface area contributed by atoms with Crippen molar-refractivity contribution in [2.45, 2.75) is 12.5 Å². The van der Waals surface area contributed by atoms with E-state index in [1.165, 1.54) is 6.07 Å². The second-order valence-electron chi connectivity index (χ2n) is 7.82. The van der Waals surface area contributed by atoms with Gasteiger partial charge in [-0.3, -0.25) is 9.89 Å². The number of ether oxygens (including phenoxy) is 3. The van der Waals surface area contributed by atoms with Crippen molar-refractivity contribution in [2.24, 2.45) is 10.9 Å². The zero-order chi connectivity index (χ0) is 21.2. The monoisotopic (exact) mass is 422 g/mol. The Balaban J connectivity index is 1.57. The van der Waals surface area contributed by atoms with E-state index in [0.29, 0.717) is 38.9 Å². The van der Waals surface area contributed by atoms with Crippen LogP contribution in [0.3, 0.4) is 0 Å². The molecule has 0 aromatic heterocycles. The number of aliphatic imine (C=N–C) groups is 1. The van der Waals surface area contributed by atoms with Crippen molar-refractivity contribution in [3.05, 3.63) is 35.6 Å². The molecule has 0 amide bonds. The van der Waals surface area contributed by atoms with E-state index in [1.54, 1.807) is 19.2 Å². The minimum absolute atomic E-state index is 0.0668. The van der Waals surface area contributed by atoms with E-state index in [-0.39, 0.29) is 11.9 Å². The number of hydrogen-bond donors (Lipinski definition) is 1. The fourth-order valence-electron chi connectivity index (χ4n) is 4.13. The Kier molecular flexibility index (Phi) is 9.32. The number of likely N-dealkylation sites (tertiary alicyclic amines) is 1. The van der Waals surface area contributed by atoms with Gasteiger partial charge in [0, 0.05) is 52.8 Å². The van der Waals surface area contributed by atoms with E-state index in [9.17, 15) is 4.39 Å². The van der Waals surface area contributed by atoms with Crippen molar-refractivity contribution >= 4 is 5.96 Å². The van der Waals surface area contributed by atoms with Gasteiger partial charge in [-0.05, 0) is 24.1 Å². The van der Waals surface area contributed by atoms with Crippen LogP contribution in [-0.2, 0) is 14.2 Å². The van der Waals surface area contributed by atoms with E-state index in [0.717, 1.165) is 50.7 Å². The first-order chi connectivity index (χ1) is 14.7. The maximum Gasteiger partial charge on any atom is 0.193 e. The Labute approximate surface area is 179 Å². The van der Waals surface area contributed by atoms with Crippen LogP contribution in [0.15, 0.2) is 29.3 Å². The number of hydrogen-bond acceptors (Lipinski definition) is 5. The van der Waals surface area contributed by atoms with Gasteiger partial charge in [0.25, 0.3) is 0 Å². The molecule has 7 nitrogen and oxygen atoms in total. The summed E-state index contributed by atoms with van der Waals surface area (Å²) in [6.07, 6.45) is 1.09. The molecule has 3 rings (SSSR count). The minimum atomic E-state index is -0.203. The zero-order valence-electron chi connectivity index (χ0n) is 18.2. The molecule has 2 aliphatic rings. The number of nitrogens with zero attached hydrogens (tertiary/aromatic N) is 3. The molecule has 0 saturated carbocycles. The number of nitrogens with one attached hydrogen (secondary N) is 1. The van der Waals surface area contributed by atoms with Crippen LogP contribution in [0.2, 0.25) is 0 Å². The van der Waals surface area contributed by atoms with Crippen molar-refractivity contribution in [3.63, 3.8) is 0 Å². The summed E-state index contributed by atoms with van der Waals surface area (Å²) in [7, 11) is 3.50. The Morgan fingerprint density at radius 1 is 1.30 bits per heavy atom. The van der Waals surface area contributed by atoms with Gasteiger partial charge in [0.2, 0.25) is 0 Å². The molecule has 2 heterocycles. The van der Waals surface area contributed by atoms with Gasteiger partial charge in [-0.2, -0.15) is 0 Å². The smallest absolute Gasteiger partial charge is 0.193 e. The molecule has 1 N–H and O–H groups in total. The minimum Gasteiger partial charge on any atom is -0.382 e. The molecule has 2 saturated heterocycles. The lowest BCUT2D eigenvalue weighted by Gasteiger charge is -2.35. The summed E-state index contributed by atoms with van der Waals surface area (Å²) in [5.74, 6) is 1.19. The topological polar surface area (TPSA) is 58.6 Å². The lowest BCUT2D eigenvalue weighted by Crippen LogP contribution is -2.47. The molecule has 2 fully saturated rings. The Morgan fingerprint density at radius 3 is 2.87 bits per heavy atom. The van der Waals surface area contributed by atoms with Gasteiger partial charge in [-0.15, -0.1) is 0 Å². The summed E-state index contributed by atoms with van der Waals surface area (Å²) in [6.45, 7) is 7.65. The highest BCUT2D eigenvalue weighted by Crippen LogP contribution is 2.23. The molecule has 8 heteroatoms. The Morgan fingerprint density at radius 2 is 2.13 bits per heavy atom. The van der Waals surface area contributed by atoms with Crippen molar-refractivity contribution < 1.29 is 18.6 Å². The molecule has 0 aliphatic carbocycles. The molecule has 168 valence electrons. The SMILES string of the molecule is CN=C(NCC(c1cccc(F)c1)N1CCOCC1)N1CCC(COCCOC)C1. The maximum absolute atomic E-state index is 13.9. The standard InChI is InChI=1S/C22H35FN4O3/c1-24-22(27-7-6-18(16-27)17-30-13-12-28-2)25-15-21(26-8-10-29-11-9-26)19-4-3-5-20(23)14-19/h3-5,14,18,21H,6-13,15-17H2,1-2H3,(H,24,25). The van der Waals surface area contributed by atoms with E-state index in [1.807, 2.05) is 13.1 Å². The molecule has 0 radical (unpaired) electrons. The molecule has 30 heavy (non-hydrogen) atoms. The predicted octanol–water partition coefficient (Wildman–Crippen LogP) is 1.76. The van der Waals surface area contributed by atoms with E-state index < -0.39 is 0 Å². The van der Waals surface area contributed by atoms with Gasteiger partial charge in [-0.25, -0.2) is 4.39 Å². The Bertz CT molecular complexity index is 670. The molecule has 2 atom stereocenters. The van der Waals surface area contributed by atoms with Gasteiger partial charge >= 0.3 is 0 Å². The van der Waals surface area contributed by atoms with Crippen LogP contribution in [0, 0.1) is 11.7 Å². The largest absolute Gasteiger partial charge is 0.382 e. The third-order valence-corrected chi connectivity index (χ3v) is 5.76. The number of halogens is 1. The number of methoxy groups -OCH3 is 1. The van der Waals surface area contributed by atoms with Crippen LogP contribution in [0.1, 0.15) is 18.0 Å². The number of morpholine rings is 1. The summed E-state index contributed by atoms with van der Waals surface area (Å²) in [5.41, 5.74) is 0.977. The van der Waals surface area contributed by atoms with Gasteiger partial charge < -0.3 is 24.4 Å². The highest BCUT2D eigenvalue weighted by atomic mass is 19.1. The molecule has 2 unspecified atom stereocenters. The van der Waals surface area contributed by atoms with Crippen LogP contribution in [0.25, 0.3) is 0 Å². The average Bonchev–Trinajstić information content (AvgIpc) is 3.24. The van der Waals surface area contributed by atoms with E-state index in [2.05, 4.69) is 20.1 Å². The fraction of sp³-hybridized carbons (Fsp3) is 0.682. The van der Waals surface area contributed by atoms with E-state index >= 15 is 0 Å². The van der Waals surface area contributed by atoms with Gasteiger partial charge in [0.05, 0.1) is 39.1 Å². The third-order valence-electron chi connectivity index (χ3n) is 5.76. The molecule has 1 aromatic rings. The van der Waals surface area contributed by atoms with Crippen LogP contribution in [-0.4, -0.2) is 95.7 Å². The normalized spacial score (nSPS) is 21.8. The molecule has 0 bridgehead atoms. The predicted molar refractivity (Wildman–Crippen MR) is 115 cm³/mol. The lowest BCUT2D eigenvalue weighted by molar-refractivity contribution is 0.0168. The lowest BCUT2D eigenvalue weighted by atomic mass is 10.0. The molecule has 2 aliphatic heterocycles. The number of rotatable bonds is 9. The summed E-state index contributed by atoms with van der Waals surface area (Å²) in [4.78, 5) is 9.14. The zero-order valence-corrected chi connectivity index (χ0v) is 18.2. The summed E-state index contributed by atoms with van der Waals surface area (Å²) in [5, 5.41) is 3.53. The third kappa shape index (κ3) is 6.63. The van der Waals surface area contributed by atoms with Gasteiger partial charge in [-0.1, -0.05) is 12.1 Å².